The molecule has 11 heavy (non-hydrogen) atoms. The molecule has 0 saturated heterocycles. The number of aliphatic carboxylic acids is 1. The first kappa shape index (κ1) is 7.10. The van der Waals surface area contributed by atoms with Gasteiger partial charge in [0, 0.05) is 0 Å². The fourth-order valence-corrected chi connectivity index (χ4v) is 1.25. The Hall–Kier alpha value is -0.570. The minimum atomic E-state index is -0.668. The van der Waals surface area contributed by atoms with E-state index >= 15 is 0 Å². The van der Waals surface area contributed by atoms with Crippen molar-refractivity contribution in [1.29, 1.82) is 0 Å². The summed E-state index contributed by atoms with van der Waals surface area (Å²) in [5.41, 5.74) is -0.511. The maximum absolute atomic E-state index is 10.7. The molecule has 2 rings (SSSR count). The van der Waals surface area contributed by atoms with Crippen LogP contribution in [0.2, 0.25) is 0 Å². The molecular weight excluding hydrogens is 142 g/mol. The van der Waals surface area contributed by atoms with E-state index in [4.69, 9.17) is 5.11 Å². The van der Waals surface area contributed by atoms with Crippen LogP contribution in [0.25, 0.3) is 0 Å². The Morgan fingerprint density at radius 1 is 1.55 bits per heavy atom. The van der Waals surface area contributed by atoms with E-state index < -0.39 is 11.5 Å². The Kier molecular flexibility index (Phi) is 1.42. The summed E-state index contributed by atoms with van der Waals surface area (Å²) in [5.74, 6) is 0.102. The maximum Gasteiger partial charge on any atom is 0.323 e. The van der Waals surface area contributed by atoms with Crippen LogP contribution in [-0.2, 0) is 4.79 Å². The lowest BCUT2D eigenvalue weighted by molar-refractivity contribution is -0.140. The van der Waals surface area contributed by atoms with Gasteiger partial charge in [-0.1, -0.05) is 0 Å². The summed E-state index contributed by atoms with van der Waals surface area (Å²) in [6, 6.07) is 0. The van der Waals surface area contributed by atoms with E-state index in [9.17, 15) is 4.79 Å². The largest absolute Gasteiger partial charge is 0.480 e. The minimum Gasteiger partial charge on any atom is -0.480 e. The first-order valence-corrected chi connectivity index (χ1v) is 4.21. The molecule has 0 spiro atoms. The molecule has 2 aliphatic carbocycles. The van der Waals surface area contributed by atoms with Gasteiger partial charge in [0.2, 0.25) is 0 Å². The van der Waals surface area contributed by atoms with Crippen molar-refractivity contribution < 1.29 is 9.90 Å². The van der Waals surface area contributed by atoms with Gasteiger partial charge < -0.3 is 10.4 Å². The normalized spacial score (nSPS) is 26.5. The summed E-state index contributed by atoms with van der Waals surface area (Å²) >= 11 is 0. The van der Waals surface area contributed by atoms with Crippen LogP contribution in [-0.4, -0.2) is 23.2 Å². The molecule has 0 atom stereocenters. The summed E-state index contributed by atoms with van der Waals surface area (Å²) in [6.45, 7) is 0.909. The third-order valence-electron chi connectivity index (χ3n) is 2.59. The molecule has 2 saturated carbocycles. The molecule has 2 aliphatic rings. The molecule has 0 bridgehead atoms. The summed E-state index contributed by atoms with van der Waals surface area (Å²) in [5, 5.41) is 11.9. The van der Waals surface area contributed by atoms with Crippen LogP contribution in [0, 0.1) is 5.92 Å². The Morgan fingerprint density at radius 3 is 2.55 bits per heavy atom. The molecule has 0 amide bonds. The number of carbonyl (C=O) groups is 1. The summed E-state index contributed by atoms with van der Waals surface area (Å²) < 4.78 is 0. The van der Waals surface area contributed by atoms with Crippen molar-refractivity contribution >= 4 is 5.97 Å². The number of hydrogen-bond donors (Lipinski definition) is 2. The Morgan fingerprint density at radius 2 is 2.18 bits per heavy atom. The smallest absolute Gasteiger partial charge is 0.323 e. The van der Waals surface area contributed by atoms with Crippen LogP contribution >= 0.6 is 0 Å². The zero-order valence-electron chi connectivity index (χ0n) is 6.47. The van der Waals surface area contributed by atoms with Gasteiger partial charge >= 0.3 is 5.97 Å². The molecule has 0 radical (unpaired) electrons. The van der Waals surface area contributed by atoms with Gasteiger partial charge in [-0.15, -0.1) is 0 Å². The van der Waals surface area contributed by atoms with Crippen molar-refractivity contribution in [3.8, 4) is 0 Å². The predicted octanol–water partition coefficient (Wildman–Crippen LogP) is 0.603. The first-order chi connectivity index (χ1) is 5.23. The van der Waals surface area contributed by atoms with Crippen molar-refractivity contribution in [3.05, 3.63) is 0 Å². The topological polar surface area (TPSA) is 49.3 Å². The highest BCUT2D eigenvalue weighted by atomic mass is 16.4. The molecule has 0 aromatic heterocycles. The van der Waals surface area contributed by atoms with Gasteiger partial charge in [0.05, 0.1) is 0 Å². The highest BCUT2D eigenvalue weighted by Gasteiger charge is 2.50. The highest BCUT2D eigenvalue weighted by Crippen LogP contribution is 2.37. The molecule has 3 nitrogen and oxygen atoms in total. The predicted molar refractivity (Wildman–Crippen MR) is 40.3 cm³/mol. The molecule has 0 aromatic rings. The van der Waals surface area contributed by atoms with Crippen LogP contribution < -0.4 is 5.32 Å². The second-order valence-corrected chi connectivity index (χ2v) is 3.71. The summed E-state index contributed by atoms with van der Waals surface area (Å²) in [7, 11) is 0. The average molecular weight is 155 g/mol. The Labute approximate surface area is 65.8 Å². The van der Waals surface area contributed by atoms with Gasteiger partial charge in [0.15, 0.2) is 0 Å². The highest BCUT2D eigenvalue weighted by molar-refractivity contribution is 5.82. The minimum absolute atomic E-state index is 0.511. The molecule has 2 N–H and O–H groups in total. The molecule has 2 fully saturated rings. The second-order valence-electron chi connectivity index (χ2n) is 3.71. The molecule has 0 aromatic carbocycles. The lowest BCUT2D eigenvalue weighted by Gasteiger charge is -2.10. The third-order valence-corrected chi connectivity index (χ3v) is 2.59. The Bertz CT molecular complexity index is 183. The number of nitrogens with one attached hydrogen (secondary N) is 1. The lowest BCUT2D eigenvalue weighted by Crippen LogP contribution is -2.40. The quantitative estimate of drug-likeness (QED) is 0.625. The van der Waals surface area contributed by atoms with E-state index in [1.54, 1.807) is 0 Å². The number of rotatable bonds is 4. The summed E-state index contributed by atoms with van der Waals surface area (Å²) in [4.78, 5) is 10.7. The van der Waals surface area contributed by atoms with E-state index in [2.05, 4.69) is 5.32 Å². The van der Waals surface area contributed by atoms with Gasteiger partial charge in [0.25, 0.3) is 0 Å². The zero-order valence-corrected chi connectivity index (χ0v) is 6.47. The SMILES string of the molecule is O=C(O)C1(NCC2CC2)CC1. The van der Waals surface area contributed by atoms with E-state index in [1.807, 2.05) is 0 Å². The van der Waals surface area contributed by atoms with E-state index in [0.29, 0.717) is 0 Å². The molecule has 0 heterocycles. The monoisotopic (exact) mass is 155 g/mol. The van der Waals surface area contributed by atoms with Crippen LogP contribution in [0.1, 0.15) is 25.7 Å². The fraction of sp³-hybridized carbons (Fsp3) is 0.875. The van der Waals surface area contributed by atoms with E-state index in [-0.39, 0.29) is 0 Å². The van der Waals surface area contributed by atoms with Crippen molar-refractivity contribution in [1.82, 2.24) is 5.32 Å². The lowest BCUT2D eigenvalue weighted by atomic mass is 10.2. The van der Waals surface area contributed by atoms with Gasteiger partial charge in [-0.25, -0.2) is 0 Å². The van der Waals surface area contributed by atoms with E-state index in [1.165, 1.54) is 12.8 Å². The molecule has 3 heteroatoms. The number of carboxylic acid groups (broad SMARTS) is 1. The fourth-order valence-electron chi connectivity index (χ4n) is 1.25. The number of carboxylic acids is 1. The van der Waals surface area contributed by atoms with Crippen molar-refractivity contribution in [2.24, 2.45) is 5.92 Å². The van der Waals surface area contributed by atoms with Crippen LogP contribution in [0.5, 0.6) is 0 Å². The second kappa shape index (κ2) is 2.21. The first-order valence-electron chi connectivity index (χ1n) is 4.21. The van der Waals surface area contributed by atoms with Crippen molar-refractivity contribution in [2.45, 2.75) is 31.2 Å². The van der Waals surface area contributed by atoms with Crippen molar-refractivity contribution in [2.75, 3.05) is 6.54 Å². The van der Waals surface area contributed by atoms with Crippen LogP contribution in [0.4, 0.5) is 0 Å². The van der Waals surface area contributed by atoms with E-state index in [0.717, 1.165) is 25.3 Å². The zero-order chi connectivity index (χ0) is 7.90. The van der Waals surface area contributed by atoms with Crippen molar-refractivity contribution in [3.63, 3.8) is 0 Å². The van der Waals surface area contributed by atoms with Crippen LogP contribution in [0.15, 0.2) is 0 Å². The molecule has 0 aliphatic heterocycles. The maximum atomic E-state index is 10.7. The summed E-state index contributed by atoms with van der Waals surface area (Å²) in [6.07, 6.45) is 4.19. The molecule has 62 valence electrons. The van der Waals surface area contributed by atoms with Gasteiger partial charge in [-0.3, -0.25) is 4.79 Å². The number of hydrogen-bond acceptors (Lipinski definition) is 2. The van der Waals surface area contributed by atoms with Gasteiger partial charge in [-0.05, 0) is 38.1 Å². The third kappa shape index (κ3) is 1.38. The van der Waals surface area contributed by atoms with Gasteiger partial charge in [-0.2, -0.15) is 0 Å². The standard InChI is InChI=1S/C8H13NO2/c10-7(11)8(3-4-8)9-5-6-1-2-6/h6,9H,1-5H2,(H,10,11). The Balaban J connectivity index is 1.79. The van der Waals surface area contributed by atoms with Crippen LogP contribution in [0.3, 0.4) is 0 Å². The average Bonchev–Trinajstić information content (AvgIpc) is 2.82. The molecule has 0 unspecified atom stereocenters. The van der Waals surface area contributed by atoms with Gasteiger partial charge in [0.1, 0.15) is 5.54 Å². The molecular formula is C8H13NO2.